The van der Waals surface area contributed by atoms with Crippen molar-refractivity contribution in [3.8, 4) is 5.69 Å². The summed E-state index contributed by atoms with van der Waals surface area (Å²) in [6, 6.07) is 22.4. The van der Waals surface area contributed by atoms with E-state index < -0.39 is 0 Å². The molecule has 2 heterocycles. The Kier molecular flexibility index (Phi) is 8.73. The highest BCUT2D eigenvalue weighted by Gasteiger charge is 2.12. The quantitative estimate of drug-likeness (QED) is 0.213. The predicted molar refractivity (Wildman–Crippen MR) is 145 cm³/mol. The van der Waals surface area contributed by atoms with Crippen LogP contribution in [0, 0.1) is 0 Å². The Balaban J connectivity index is 1.39. The van der Waals surface area contributed by atoms with Crippen molar-refractivity contribution in [2.75, 3.05) is 11.4 Å². The highest BCUT2D eigenvalue weighted by molar-refractivity contribution is 5.76. The van der Waals surface area contributed by atoms with Gasteiger partial charge in [-0.05, 0) is 66.2 Å². The van der Waals surface area contributed by atoms with Crippen LogP contribution >= 0.6 is 0 Å². The van der Waals surface area contributed by atoms with Crippen LogP contribution in [0.25, 0.3) is 11.3 Å². The highest BCUT2D eigenvalue weighted by Crippen LogP contribution is 2.24. The standard InChI is InChI=1S/C32H39N2/c1-3-5-7-11-27-13-9-15-31(25-27)33-21-17-29(18-22-33)30-19-23-34(24-20-30)32-16-10-14-28(26-32)12-8-6-4-2/h9-10,13-23,25-26H,3-8,11-12,24H2,1-2H3/q+1. The zero-order chi connectivity index (χ0) is 23.6. The average Bonchev–Trinajstić information content (AvgIpc) is 2.90. The summed E-state index contributed by atoms with van der Waals surface area (Å²) in [5.41, 5.74) is 7.94. The van der Waals surface area contributed by atoms with E-state index >= 15 is 0 Å². The molecule has 0 saturated heterocycles. The Morgan fingerprint density at radius 1 is 0.765 bits per heavy atom. The summed E-state index contributed by atoms with van der Waals surface area (Å²) in [5.74, 6) is 0. The summed E-state index contributed by atoms with van der Waals surface area (Å²) in [5, 5.41) is 0. The molecule has 0 bridgehead atoms. The second-order valence-corrected chi connectivity index (χ2v) is 9.38. The van der Waals surface area contributed by atoms with Gasteiger partial charge in [-0.2, -0.15) is 4.57 Å². The van der Waals surface area contributed by atoms with Gasteiger partial charge in [-0.25, -0.2) is 0 Å². The van der Waals surface area contributed by atoms with E-state index in [9.17, 15) is 0 Å². The molecule has 0 N–H and O–H groups in total. The third-order valence-electron chi connectivity index (χ3n) is 6.69. The molecule has 0 fully saturated rings. The Bertz CT molecular complexity index is 1110. The van der Waals surface area contributed by atoms with Gasteiger partial charge in [0, 0.05) is 42.7 Å². The summed E-state index contributed by atoms with van der Waals surface area (Å²) in [7, 11) is 0. The van der Waals surface area contributed by atoms with E-state index in [1.807, 2.05) is 0 Å². The van der Waals surface area contributed by atoms with Crippen LogP contribution in [0.1, 0.15) is 69.1 Å². The Morgan fingerprint density at radius 3 is 2.09 bits per heavy atom. The first kappa shape index (κ1) is 24.0. The molecule has 0 radical (unpaired) electrons. The lowest BCUT2D eigenvalue weighted by molar-refractivity contribution is -0.595. The number of hydrogen-bond acceptors (Lipinski definition) is 1. The van der Waals surface area contributed by atoms with Crippen LogP contribution in [0.2, 0.25) is 0 Å². The van der Waals surface area contributed by atoms with E-state index in [1.54, 1.807) is 0 Å². The van der Waals surface area contributed by atoms with Gasteiger partial charge in [-0.15, -0.1) is 0 Å². The fourth-order valence-corrected chi connectivity index (χ4v) is 4.61. The fourth-order valence-electron chi connectivity index (χ4n) is 4.61. The van der Waals surface area contributed by atoms with Crippen molar-refractivity contribution in [3.63, 3.8) is 0 Å². The van der Waals surface area contributed by atoms with E-state index in [0.29, 0.717) is 0 Å². The van der Waals surface area contributed by atoms with Crippen LogP contribution in [0.4, 0.5) is 5.69 Å². The van der Waals surface area contributed by atoms with Gasteiger partial charge in [-0.1, -0.05) is 69.9 Å². The minimum Gasteiger partial charge on any atom is -0.344 e. The van der Waals surface area contributed by atoms with Gasteiger partial charge >= 0.3 is 0 Å². The van der Waals surface area contributed by atoms with Gasteiger partial charge in [-0.3, -0.25) is 0 Å². The Morgan fingerprint density at radius 2 is 1.44 bits per heavy atom. The zero-order valence-electron chi connectivity index (χ0n) is 20.9. The maximum atomic E-state index is 2.35. The lowest BCUT2D eigenvalue weighted by atomic mass is 10.0. The minimum atomic E-state index is 0.902. The van der Waals surface area contributed by atoms with Crippen molar-refractivity contribution in [1.82, 2.24) is 0 Å². The molecule has 34 heavy (non-hydrogen) atoms. The van der Waals surface area contributed by atoms with Gasteiger partial charge in [0.15, 0.2) is 12.4 Å². The second kappa shape index (κ2) is 12.4. The smallest absolute Gasteiger partial charge is 0.210 e. The van der Waals surface area contributed by atoms with Crippen LogP contribution in [-0.4, -0.2) is 6.54 Å². The summed E-state index contributed by atoms with van der Waals surface area (Å²) in [4.78, 5) is 2.33. The molecular formula is C32H39N2+. The monoisotopic (exact) mass is 451 g/mol. The lowest BCUT2D eigenvalue weighted by Crippen LogP contribution is -2.29. The number of rotatable bonds is 11. The number of nitrogens with zero attached hydrogens (tertiary/aromatic N) is 2. The van der Waals surface area contributed by atoms with Crippen molar-refractivity contribution in [1.29, 1.82) is 0 Å². The summed E-state index contributed by atoms with van der Waals surface area (Å²) < 4.78 is 2.22. The lowest BCUT2D eigenvalue weighted by Gasteiger charge is -2.23. The molecule has 2 nitrogen and oxygen atoms in total. The molecule has 2 aromatic carbocycles. The largest absolute Gasteiger partial charge is 0.344 e. The molecule has 3 aromatic rings. The molecule has 0 spiro atoms. The molecule has 0 saturated carbocycles. The second-order valence-electron chi connectivity index (χ2n) is 9.38. The number of aryl methyl sites for hydroxylation is 2. The van der Waals surface area contributed by atoms with E-state index in [1.165, 1.54) is 78.6 Å². The molecular weight excluding hydrogens is 412 g/mol. The van der Waals surface area contributed by atoms with Crippen LogP contribution in [0.3, 0.4) is 0 Å². The van der Waals surface area contributed by atoms with Gasteiger partial charge in [0.2, 0.25) is 5.69 Å². The third-order valence-corrected chi connectivity index (χ3v) is 6.69. The number of unbranched alkanes of at least 4 members (excludes halogenated alkanes) is 4. The molecule has 1 aromatic heterocycles. The van der Waals surface area contributed by atoms with Crippen molar-refractivity contribution in [2.45, 2.75) is 65.2 Å². The minimum absolute atomic E-state index is 0.902. The number of hydrogen-bond donors (Lipinski definition) is 0. The number of allylic oxidation sites excluding steroid dienone is 2. The number of anilines is 1. The van der Waals surface area contributed by atoms with Crippen LogP contribution in [-0.2, 0) is 12.8 Å². The number of aromatic nitrogens is 1. The first-order chi connectivity index (χ1) is 16.8. The molecule has 2 heteroatoms. The Hall–Kier alpha value is -3.13. The van der Waals surface area contributed by atoms with E-state index in [4.69, 9.17) is 0 Å². The number of pyridine rings is 1. The van der Waals surface area contributed by atoms with Gasteiger partial charge in [0.1, 0.15) is 0 Å². The summed E-state index contributed by atoms with van der Waals surface area (Å²) in [6.07, 6.45) is 21.2. The highest BCUT2D eigenvalue weighted by atomic mass is 15.1. The average molecular weight is 452 g/mol. The first-order valence-electron chi connectivity index (χ1n) is 13.1. The van der Waals surface area contributed by atoms with Crippen LogP contribution in [0.15, 0.2) is 91.4 Å². The predicted octanol–water partition coefficient (Wildman–Crippen LogP) is 7.85. The normalized spacial score (nSPS) is 13.2. The maximum Gasteiger partial charge on any atom is 0.210 e. The van der Waals surface area contributed by atoms with Gasteiger partial charge in [0.05, 0.1) is 0 Å². The molecule has 4 rings (SSSR count). The van der Waals surface area contributed by atoms with E-state index in [2.05, 4.69) is 115 Å². The van der Waals surface area contributed by atoms with Crippen molar-refractivity contribution in [2.24, 2.45) is 0 Å². The molecule has 0 unspecified atom stereocenters. The van der Waals surface area contributed by atoms with E-state index in [-0.39, 0.29) is 0 Å². The molecule has 0 atom stereocenters. The molecule has 1 aliphatic heterocycles. The summed E-state index contributed by atoms with van der Waals surface area (Å²) >= 11 is 0. The van der Waals surface area contributed by atoms with Crippen molar-refractivity contribution < 1.29 is 4.57 Å². The van der Waals surface area contributed by atoms with E-state index in [0.717, 1.165) is 13.0 Å². The van der Waals surface area contributed by atoms with Gasteiger partial charge in [0.25, 0.3) is 0 Å². The third kappa shape index (κ3) is 6.47. The molecule has 176 valence electrons. The molecule has 1 aliphatic rings. The SMILES string of the molecule is CCCCCc1cccc(N2C=CC(c3cc[n+](-c4cccc(CCCCC)c4)cc3)=CC2)c1. The van der Waals surface area contributed by atoms with Crippen LogP contribution in [0.5, 0.6) is 0 Å². The zero-order valence-corrected chi connectivity index (χ0v) is 20.9. The van der Waals surface area contributed by atoms with Crippen molar-refractivity contribution in [3.05, 3.63) is 108 Å². The summed E-state index contributed by atoms with van der Waals surface area (Å²) in [6.45, 7) is 5.42. The van der Waals surface area contributed by atoms with Crippen LogP contribution < -0.4 is 9.47 Å². The topological polar surface area (TPSA) is 7.12 Å². The molecule has 0 amide bonds. The molecule has 0 aliphatic carbocycles. The van der Waals surface area contributed by atoms with Gasteiger partial charge < -0.3 is 4.90 Å². The van der Waals surface area contributed by atoms with Crippen molar-refractivity contribution >= 4 is 11.3 Å². The maximum absolute atomic E-state index is 2.35. The first-order valence-corrected chi connectivity index (χ1v) is 13.1. The number of benzene rings is 2. The Labute approximate surface area is 206 Å². The fraction of sp³-hybridized carbons (Fsp3) is 0.344.